The fourth-order valence-corrected chi connectivity index (χ4v) is 2.41. The second kappa shape index (κ2) is 8.81. The number of hydrogen-bond donors (Lipinski definition) is 2. The number of para-hydroxylation sites is 1. The van der Waals surface area contributed by atoms with Gasteiger partial charge in [0.25, 0.3) is 5.91 Å². The highest BCUT2D eigenvalue weighted by Crippen LogP contribution is 2.35. The lowest BCUT2D eigenvalue weighted by Gasteiger charge is -2.14. The van der Waals surface area contributed by atoms with E-state index in [1.165, 1.54) is 24.3 Å². The minimum atomic E-state index is -4.50. The van der Waals surface area contributed by atoms with Crippen LogP contribution in [0.3, 0.4) is 0 Å². The Balaban J connectivity index is 2.15. The standard InChI is InChI=1S/C18H22F3N5O/c1-12-23-15(17(27)22-9-6-10-26(2)3)11-16(24-12)25-14-8-5-4-7-13(14)18(19,20)21/h4-5,7-8,11H,6,9-10H2,1-3H3,(H,22,27)(H,23,24,25). The number of anilines is 2. The van der Waals surface area contributed by atoms with Crippen molar-refractivity contribution in [2.45, 2.75) is 19.5 Å². The maximum absolute atomic E-state index is 13.1. The number of carbonyl (C=O) groups is 1. The van der Waals surface area contributed by atoms with Crippen molar-refractivity contribution in [3.8, 4) is 0 Å². The van der Waals surface area contributed by atoms with Gasteiger partial charge >= 0.3 is 6.18 Å². The zero-order chi connectivity index (χ0) is 20.0. The molecule has 0 fully saturated rings. The number of benzene rings is 1. The molecule has 0 radical (unpaired) electrons. The number of carbonyl (C=O) groups excluding carboxylic acids is 1. The second-order valence-electron chi connectivity index (χ2n) is 6.27. The van der Waals surface area contributed by atoms with Crippen molar-refractivity contribution in [3.63, 3.8) is 0 Å². The zero-order valence-electron chi connectivity index (χ0n) is 15.4. The van der Waals surface area contributed by atoms with Gasteiger partial charge in [0.05, 0.1) is 11.3 Å². The first-order valence-corrected chi connectivity index (χ1v) is 8.38. The van der Waals surface area contributed by atoms with Gasteiger partial charge in [-0.3, -0.25) is 4.79 Å². The highest BCUT2D eigenvalue weighted by Gasteiger charge is 2.33. The first-order chi connectivity index (χ1) is 12.7. The summed E-state index contributed by atoms with van der Waals surface area (Å²) in [4.78, 5) is 22.4. The van der Waals surface area contributed by atoms with Crippen LogP contribution >= 0.6 is 0 Å². The van der Waals surface area contributed by atoms with Crippen molar-refractivity contribution in [1.82, 2.24) is 20.2 Å². The Morgan fingerprint density at radius 2 is 1.89 bits per heavy atom. The Hall–Kier alpha value is -2.68. The van der Waals surface area contributed by atoms with Crippen molar-refractivity contribution < 1.29 is 18.0 Å². The van der Waals surface area contributed by atoms with E-state index in [4.69, 9.17) is 0 Å². The lowest BCUT2D eigenvalue weighted by molar-refractivity contribution is -0.136. The minimum absolute atomic E-state index is 0.0966. The van der Waals surface area contributed by atoms with Crippen LogP contribution in [0.4, 0.5) is 24.7 Å². The molecule has 1 aromatic carbocycles. The summed E-state index contributed by atoms with van der Waals surface area (Å²) in [6, 6.07) is 6.42. The molecule has 0 saturated heterocycles. The lowest BCUT2D eigenvalue weighted by Crippen LogP contribution is -2.28. The van der Waals surface area contributed by atoms with E-state index in [0.29, 0.717) is 6.54 Å². The summed E-state index contributed by atoms with van der Waals surface area (Å²) >= 11 is 0. The maximum Gasteiger partial charge on any atom is 0.418 e. The molecule has 2 rings (SSSR count). The Labute approximate surface area is 155 Å². The van der Waals surface area contributed by atoms with Gasteiger partial charge in [0.2, 0.25) is 0 Å². The molecular formula is C18H22F3N5O. The van der Waals surface area contributed by atoms with Crippen LogP contribution in [0.25, 0.3) is 0 Å². The van der Waals surface area contributed by atoms with E-state index >= 15 is 0 Å². The van der Waals surface area contributed by atoms with Crippen LogP contribution in [0, 0.1) is 6.92 Å². The number of nitrogens with zero attached hydrogens (tertiary/aromatic N) is 3. The summed E-state index contributed by atoms with van der Waals surface area (Å²) in [6.45, 7) is 2.87. The van der Waals surface area contributed by atoms with E-state index in [0.717, 1.165) is 19.0 Å². The van der Waals surface area contributed by atoms with Gasteiger partial charge in [-0.05, 0) is 46.1 Å². The van der Waals surface area contributed by atoms with Gasteiger partial charge in [-0.1, -0.05) is 12.1 Å². The van der Waals surface area contributed by atoms with Crippen LogP contribution in [-0.4, -0.2) is 48.0 Å². The SMILES string of the molecule is Cc1nc(Nc2ccccc2C(F)(F)F)cc(C(=O)NCCCN(C)C)n1. The van der Waals surface area contributed by atoms with Gasteiger partial charge in [-0.15, -0.1) is 0 Å². The van der Waals surface area contributed by atoms with E-state index in [9.17, 15) is 18.0 Å². The second-order valence-corrected chi connectivity index (χ2v) is 6.27. The van der Waals surface area contributed by atoms with E-state index in [1.807, 2.05) is 19.0 Å². The third-order valence-electron chi connectivity index (χ3n) is 3.63. The largest absolute Gasteiger partial charge is 0.418 e. The van der Waals surface area contributed by atoms with Crippen molar-refractivity contribution in [1.29, 1.82) is 0 Å². The van der Waals surface area contributed by atoms with Crippen molar-refractivity contribution >= 4 is 17.4 Å². The van der Waals surface area contributed by atoms with Gasteiger partial charge in [-0.25, -0.2) is 9.97 Å². The zero-order valence-corrected chi connectivity index (χ0v) is 15.4. The molecule has 0 bridgehead atoms. The highest BCUT2D eigenvalue weighted by atomic mass is 19.4. The van der Waals surface area contributed by atoms with Crippen LogP contribution in [0.2, 0.25) is 0 Å². The van der Waals surface area contributed by atoms with Gasteiger partial charge in [0, 0.05) is 12.6 Å². The monoisotopic (exact) mass is 381 g/mol. The van der Waals surface area contributed by atoms with E-state index in [-0.39, 0.29) is 23.0 Å². The van der Waals surface area contributed by atoms with Crippen molar-refractivity contribution in [2.24, 2.45) is 0 Å². The Morgan fingerprint density at radius 1 is 1.19 bits per heavy atom. The van der Waals surface area contributed by atoms with Crippen LogP contribution in [0.5, 0.6) is 0 Å². The molecule has 0 aliphatic heterocycles. The number of nitrogens with one attached hydrogen (secondary N) is 2. The average Bonchev–Trinajstić information content (AvgIpc) is 2.57. The first-order valence-electron chi connectivity index (χ1n) is 8.38. The molecule has 1 amide bonds. The number of rotatable bonds is 7. The fourth-order valence-electron chi connectivity index (χ4n) is 2.41. The molecule has 6 nitrogen and oxygen atoms in total. The number of alkyl halides is 3. The smallest absolute Gasteiger partial charge is 0.351 e. The molecule has 1 aromatic heterocycles. The normalized spacial score (nSPS) is 11.5. The third-order valence-corrected chi connectivity index (χ3v) is 3.63. The van der Waals surface area contributed by atoms with Gasteiger partial charge in [0.1, 0.15) is 17.3 Å². The quantitative estimate of drug-likeness (QED) is 0.721. The summed E-state index contributed by atoms with van der Waals surface area (Å²) < 4.78 is 39.4. The molecule has 1 heterocycles. The summed E-state index contributed by atoms with van der Waals surface area (Å²) in [6.07, 6.45) is -3.73. The molecule has 0 saturated carbocycles. The lowest BCUT2D eigenvalue weighted by atomic mass is 10.1. The molecule has 2 aromatic rings. The average molecular weight is 381 g/mol. The molecule has 0 aliphatic carbocycles. The molecule has 2 N–H and O–H groups in total. The summed E-state index contributed by atoms with van der Waals surface area (Å²) in [7, 11) is 3.87. The molecular weight excluding hydrogens is 359 g/mol. The fraction of sp³-hybridized carbons (Fsp3) is 0.389. The van der Waals surface area contributed by atoms with E-state index in [1.54, 1.807) is 6.92 Å². The van der Waals surface area contributed by atoms with Crippen LogP contribution in [0.15, 0.2) is 30.3 Å². The van der Waals surface area contributed by atoms with Crippen molar-refractivity contribution in [2.75, 3.05) is 32.5 Å². The number of amides is 1. The topological polar surface area (TPSA) is 70.2 Å². The van der Waals surface area contributed by atoms with Crippen LogP contribution in [0.1, 0.15) is 28.3 Å². The molecule has 27 heavy (non-hydrogen) atoms. The molecule has 9 heteroatoms. The maximum atomic E-state index is 13.1. The van der Waals surface area contributed by atoms with Crippen molar-refractivity contribution in [3.05, 3.63) is 47.4 Å². The highest BCUT2D eigenvalue weighted by molar-refractivity contribution is 5.93. The molecule has 0 unspecified atom stereocenters. The third kappa shape index (κ3) is 6.21. The summed E-state index contributed by atoms with van der Waals surface area (Å²) in [5, 5.41) is 5.38. The van der Waals surface area contributed by atoms with E-state index < -0.39 is 17.6 Å². The van der Waals surface area contributed by atoms with Gasteiger partial charge in [0.15, 0.2) is 0 Å². The van der Waals surface area contributed by atoms with Crippen LogP contribution in [-0.2, 0) is 6.18 Å². The Bertz CT molecular complexity index is 793. The predicted molar refractivity (Wildman–Crippen MR) is 97.0 cm³/mol. The number of aromatic nitrogens is 2. The van der Waals surface area contributed by atoms with Crippen LogP contribution < -0.4 is 10.6 Å². The number of halogens is 3. The predicted octanol–water partition coefficient (Wildman–Crippen LogP) is 3.23. The van der Waals surface area contributed by atoms with Gasteiger partial charge < -0.3 is 15.5 Å². The molecule has 0 atom stereocenters. The summed E-state index contributed by atoms with van der Waals surface area (Å²) in [5.74, 6) is 0.00647. The molecule has 0 aliphatic rings. The Morgan fingerprint density at radius 3 is 2.56 bits per heavy atom. The Kier molecular flexibility index (Phi) is 6.73. The minimum Gasteiger partial charge on any atom is -0.351 e. The molecule has 146 valence electrons. The summed E-state index contributed by atoms with van der Waals surface area (Å²) in [5.41, 5.74) is -0.851. The number of aryl methyl sites for hydroxylation is 1. The first kappa shape index (κ1) is 20.6. The van der Waals surface area contributed by atoms with E-state index in [2.05, 4.69) is 20.6 Å². The van der Waals surface area contributed by atoms with Gasteiger partial charge in [-0.2, -0.15) is 13.2 Å². The molecule has 0 spiro atoms. The number of hydrogen-bond acceptors (Lipinski definition) is 5.